The molecule has 2 aliphatic rings. The molecule has 2 N–H and O–H groups in total. The Labute approximate surface area is 252 Å². The zero-order valence-electron chi connectivity index (χ0n) is 25.3. The number of ether oxygens (including phenoxy) is 2. The summed E-state index contributed by atoms with van der Waals surface area (Å²) in [6.07, 6.45) is -0.372. The number of aliphatic hydroxyl groups excluding tert-OH is 1. The number of hydrogen-bond donors (Lipinski definition) is 2. The van der Waals surface area contributed by atoms with E-state index in [4.69, 9.17) is 14.0 Å². The first-order valence-corrected chi connectivity index (χ1v) is 15.6. The van der Waals surface area contributed by atoms with Crippen molar-refractivity contribution < 1.29 is 23.9 Å². The highest BCUT2D eigenvalue weighted by Crippen LogP contribution is 2.34. The van der Waals surface area contributed by atoms with Gasteiger partial charge >= 0.3 is 0 Å². The first-order valence-electron chi connectivity index (χ1n) is 14.7. The SMILES string of the molecule is COC(OC)C1CN(c2cc([C@H](CN3C[C@H](O)C[C@H]3C(=O)N[C@@H](C)c3ccc(-c4scnc4C)cc3)C(C)C)on2)C1. The van der Waals surface area contributed by atoms with Crippen LogP contribution in [0.4, 0.5) is 5.82 Å². The van der Waals surface area contributed by atoms with Gasteiger partial charge in [0.05, 0.1) is 34.3 Å². The third-order valence-corrected chi connectivity index (χ3v) is 9.64. The van der Waals surface area contributed by atoms with Crippen LogP contribution in [0.5, 0.6) is 0 Å². The van der Waals surface area contributed by atoms with Crippen molar-refractivity contribution in [1.82, 2.24) is 20.4 Å². The van der Waals surface area contributed by atoms with Crippen LogP contribution in [0.15, 0.2) is 40.4 Å². The fraction of sp³-hybridized carbons (Fsp3) is 0.581. The van der Waals surface area contributed by atoms with Gasteiger partial charge in [-0.05, 0) is 37.3 Å². The highest BCUT2D eigenvalue weighted by Gasteiger charge is 2.40. The molecular formula is C31H43N5O5S. The number of carbonyl (C=O) groups is 1. The van der Waals surface area contributed by atoms with Crippen LogP contribution in [-0.4, -0.2) is 84.9 Å². The number of likely N-dealkylation sites (tertiary alicyclic amines) is 1. The number of nitrogens with one attached hydrogen (secondary N) is 1. The average molecular weight is 598 g/mol. The van der Waals surface area contributed by atoms with Gasteiger partial charge in [-0.15, -0.1) is 11.3 Å². The van der Waals surface area contributed by atoms with Crippen molar-refractivity contribution in [3.05, 3.63) is 52.9 Å². The lowest BCUT2D eigenvalue weighted by atomic mass is 9.92. The maximum absolute atomic E-state index is 13.5. The molecule has 4 atom stereocenters. The van der Waals surface area contributed by atoms with Gasteiger partial charge in [0.1, 0.15) is 5.76 Å². The summed E-state index contributed by atoms with van der Waals surface area (Å²) in [6, 6.07) is 9.71. The Morgan fingerprint density at radius 3 is 2.50 bits per heavy atom. The van der Waals surface area contributed by atoms with Crippen LogP contribution in [0.3, 0.4) is 0 Å². The molecule has 0 saturated carbocycles. The van der Waals surface area contributed by atoms with Gasteiger partial charge in [0.2, 0.25) is 5.91 Å². The smallest absolute Gasteiger partial charge is 0.237 e. The lowest BCUT2D eigenvalue weighted by Crippen LogP contribution is -2.53. The van der Waals surface area contributed by atoms with Crippen molar-refractivity contribution in [2.45, 2.75) is 64.5 Å². The Kier molecular flexibility index (Phi) is 9.64. The zero-order valence-corrected chi connectivity index (χ0v) is 26.1. The number of carbonyl (C=O) groups excluding carboxylic acids is 1. The maximum Gasteiger partial charge on any atom is 0.237 e. The molecule has 0 unspecified atom stereocenters. The Bertz CT molecular complexity index is 1320. The van der Waals surface area contributed by atoms with E-state index in [0.29, 0.717) is 19.5 Å². The Balaban J connectivity index is 1.21. The van der Waals surface area contributed by atoms with Gasteiger partial charge in [-0.25, -0.2) is 4.98 Å². The Morgan fingerprint density at radius 2 is 1.88 bits per heavy atom. The summed E-state index contributed by atoms with van der Waals surface area (Å²) in [5.74, 6) is 2.09. The van der Waals surface area contributed by atoms with Gasteiger partial charge in [-0.3, -0.25) is 9.69 Å². The first kappa shape index (κ1) is 30.6. The summed E-state index contributed by atoms with van der Waals surface area (Å²) in [5, 5.41) is 18.1. The van der Waals surface area contributed by atoms with E-state index in [9.17, 15) is 9.90 Å². The number of rotatable bonds is 12. The second-order valence-electron chi connectivity index (χ2n) is 11.9. The largest absolute Gasteiger partial charge is 0.392 e. The van der Waals surface area contributed by atoms with Crippen molar-refractivity contribution in [3.8, 4) is 10.4 Å². The maximum atomic E-state index is 13.5. The molecular weight excluding hydrogens is 554 g/mol. The predicted octanol–water partition coefficient (Wildman–Crippen LogP) is 4.21. The summed E-state index contributed by atoms with van der Waals surface area (Å²) in [4.78, 5) is 23.3. The third kappa shape index (κ3) is 6.55. The van der Waals surface area contributed by atoms with E-state index in [0.717, 1.165) is 46.4 Å². The van der Waals surface area contributed by atoms with Crippen molar-refractivity contribution in [2.24, 2.45) is 11.8 Å². The second kappa shape index (κ2) is 13.2. The van der Waals surface area contributed by atoms with Crippen LogP contribution in [0.2, 0.25) is 0 Å². The molecule has 1 aromatic carbocycles. The number of methoxy groups -OCH3 is 2. The van der Waals surface area contributed by atoms with Gasteiger partial charge < -0.3 is 29.3 Å². The molecule has 11 heteroatoms. The van der Waals surface area contributed by atoms with Crippen molar-refractivity contribution in [1.29, 1.82) is 0 Å². The summed E-state index contributed by atoms with van der Waals surface area (Å²) in [5.41, 5.74) is 5.03. The normalized spacial score (nSPS) is 21.2. The van der Waals surface area contributed by atoms with Gasteiger partial charge in [0.15, 0.2) is 12.1 Å². The molecule has 2 fully saturated rings. The Hall–Kier alpha value is -2.83. The number of anilines is 1. The molecule has 4 heterocycles. The Morgan fingerprint density at radius 1 is 1.17 bits per heavy atom. The van der Waals surface area contributed by atoms with Crippen LogP contribution in [0.25, 0.3) is 10.4 Å². The van der Waals surface area contributed by atoms with Crippen LogP contribution in [0.1, 0.15) is 56.2 Å². The van der Waals surface area contributed by atoms with E-state index in [2.05, 4.69) is 63.4 Å². The second-order valence-corrected chi connectivity index (χ2v) is 12.8. The lowest BCUT2D eigenvalue weighted by Gasteiger charge is -2.41. The van der Waals surface area contributed by atoms with Gasteiger partial charge in [-0.2, -0.15) is 0 Å². The summed E-state index contributed by atoms with van der Waals surface area (Å²) in [7, 11) is 3.31. The molecule has 2 aliphatic heterocycles. The van der Waals surface area contributed by atoms with Crippen LogP contribution >= 0.6 is 11.3 Å². The number of aromatic nitrogens is 2. The molecule has 10 nitrogen and oxygen atoms in total. The molecule has 2 saturated heterocycles. The van der Waals surface area contributed by atoms with E-state index in [1.165, 1.54) is 0 Å². The highest BCUT2D eigenvalue weighted by molar-refractivity contribution is 7.13. The van der Waals surface area contributed by atoms with Crippen molar-refractivity contribution in [3.63, 3.8) is 0 Å². The minimum atomic E-state index is -0.552. The van der Waals surface area contributed by atoms with Crippen molar-refractivity contribution in [2.75, 3.05) is 45.3 Å². The minimum Gasteiger partial charge on any atom is -0.392 e. The molecule has 0 radical (unpaired) electrons. The molecule has 0 aliphatic carbocycles. The molecule has 0 bridgehead atoms. The van der Waals surface area contributed by atoms with E-state index >= 15 is 0 Å². The summed E-state index contributed by atoms with van der Waals surface area (Å²) >= 11 is 1.63. The zero-order chi connectivity index (χ0) is 30.0. The number of benzene rings is 1. The summed E-state index contributed by atoms with van der Waals surface area (Å²) in [6.45, 7) is 10.9. The van der Waals surface area contributed by atoms with E-state index in [-0.39, 0.29) is 36.0 Å². The van der Waals surface area contributed by atoms with Crippen molar-refractivity contribution >= 4 is 23.1 Å². The predicted molar refractivity (Wildman–Crippen MR) is 162 cm³/mol. The fourth-order valence-electron chi connectivity index (χ4n) is 6.09. The minimum absolute atomic E-state index is 0.0230. The average Bonchev–Trinajstić information content (AvgIpc) is 3.68. The third-order valence-electron chi connectivity index (χ3n) is 8.66. The fourth-order valence-corrected chi connectivity index (χ4v) is 6.90. The number of β-amino-alcohol motifs (C(OH)–C–C–N with tert-alkyl or cyclic N) is 1. The van der Waals surface area contributed by atoms with Gasteiger partial charge in [0, 0.05) is 58.3 Å². The van der Waals surface area contributed by atoms with E-state index in [1.54, 1.807) is 25.6 Å². The topological polar surface area (TPSA) is 113 Å². The monoisotopic (exact) mass is 597 g/mol. The number of aliphatic hydroxyl groups is 1. The molecule has 0 spiro atoms. The van der Waals surface area contributed by atoms with Crippen LogP contribution in [0, 0.1) is 18.8 Å². The highest BCUT2D eigenvalue weighted by atomic mass is 32.1. The van der Waals surface area contributed by atoms with E-state index in [1.807, 2.05) is 25.4 Å². The van der Waals surface area contributed by atoms with Gasteiger partial charge in [-0.1, -0.05) is 43.3 Å². The van der Waals surface area contributed by atoms with Crippen LogP contribution in [-0.2, 0) is 14.3 Å². The number of hydrogen-bond acceptors (Lipinski definition) is 10. The first-order chi connectivity index (χ1) is 20.2. The molecule has 1 amide bonds. The van der Waals surface area contributed by atoms with Crippen LogP contribution < -0.4 is 10.2 Å². The van der Waals surface area contributed by atoms with Gasteiger partial charge in [0.25, 0.3) is 0 Å². The molecule has 228 valence electrons. The quantitative estimate of drug-likeness (QED) is 0.297. The number of thiazole rings is 1. The number of nitrogens with zero attached hydrogens (tertiary/aromatic N) is 4. The molecule has 3 aromatic rings. The number of amides is 1. The molecule has 2 aromatic heterocycles. The molecule has 42 heavy (non-hydrogen) atoms. The number of aryl methyl sites for hydroxylation is 1. The molecule has 5 rings (SSSR count). The van der Waals surface area contributed by atoms with E-state index < -0.39 is 12.1 Å². The summed E-state index contributed by atoms with van der Waals surface area (Å²) < 4.78 is 16.6. The lowest BCUT2D eigenvalue weighted by molar-refractivity contribution is -0.142. The standard InChI is InChI=1S/C31H43N5O5S/c1-18(2)25(27-12-28(34-41-27)36-13-23(14-36)31(39-5)40-6)16-35-15-24(37)11-26(35)30(38)33-19(3)21-7-9-22(10-8-21)29-20(4)32-17-42-29/h7-10,12,17-19,23-26,31,37H,11,13-16H2,1-6H3,(H,33,38)/t19-,24+,25+,26-/m0/s1.